The van der Waals surface area contributed by atoms with Crippen molar-refractivity contribution in [3.05, 3.63) is 28.2 Å². The molecule has 1 heterocycles. The Morgan fingerprint density at radius 3 is 2.81 bits per heavy atom. The normalized spacial score (nSPS) is 16.4. The summed E-state index contributed by atoms with van der Waals surface area (Å²) in [6.07, 6.45) is 0. The summed E-state index contributed by atoms with van der Waals surface area (Å²) >= 11 is 3.59. The Morgan fingerprint density at radius 1 is 1.33 bits per heavy atom. The fourth-order valence-electron chi connectivity index (χ4n) is 2.27. The number of benzene rings is 1. The van der Waals surface area contributed by atoms with Crippen LogP contribution in [0.1, 0.15) is 19.4 Å². The Balaban J connectivity index is 1.88. The van der Waals surface area contributed by atoms with Gasteiger partial charge in [-0.05, 0) is 22.0 Å². The van der Waals surface area contributed by atoms with E-state index in [2.05, 4.69) is 52.1 Å². The highest BCUT2D eigenvalue weighted by molar-refractivity contribution is 9.10. The molecule has 0 radical (unpaired) electrons. The molecule has 0 aromatic heterocycles. The molecule has 4 nitrogen and oxygen atoms in total. The molecule has 1 aromatic carbocycles. The predicted octanol–water partition coefficient (Wildman–Crippen LogP) is 2.66. The fraction of sp³-hybridized carbons (Fsp3) is 0.625. The van der Waals surface area contributed by atoms with Gasteiger partial charge in [0.25, 0.3) is 0 Å². The van der Waals surface area contributed by atoms with Crippen LogP contribution in [0, 0.1) is 0 Å². The molecule has 1 aliphatic heterocycles. The highest BCUT2D eigenvalue weighted by Crippen LogP contribution is 2.29. The van der Waals surface area contributed by atoms with Crippen LogP contribution in [-0.4, -0.2) is 50.4 Å². The minimum atomic E-state index is 0.463. The van der Waals surface area contributed by atoms with E-state index < -0.39 is 0 Å². The number of nitrogens with one attached hydrogen (secondary N) is 1. The Kier molecular flexibility index (Phi) is 6.96. The minimum absolute atomic E-state index is 0.463. The molecule has 5 heteroatoms. The van der Waals surface area contributed by atoms with E-state index in [1.165, 1.54) is 5.56 Å². The van der Waals surface area contributed by atoms with Gasteiger partial charge in [-0.25, -0.2) is 0 Å². The van der Waals surface area contributed by atoms with Crippen LogP contribution in [0.25, 0.3) is 0 Å². The maximum atomic E-state index is 6.03. The number of hydrogen-bond acceptors (Lipinski definition) is 4. The number of hydrogen-bond donors (Lipinski definition) is 1. The van der Waals surface area contributed by atoms with Crippen LogP contribution in [-0.2, 0) is 11.3 Å². The topological polar surface area (TPSA) is 33.7 Å². The van der Waals surface area contributed by atoms with E-state index in [1.807, 2.05) is 6.07 Å². The second-order valence-electron chi connectivity index (χ2n) is 5.57. The molecule has 1 aromatic rings. The summed E-state index contributed by atoms with van der Waals surface area (Å²) < 4.78 is 12.4. The summed E-state index contributed by atoms with van der Waals surface area (Å²) in [4.78, 5) is 2.38. The van der Waals surface area contributed by atoms with E-state index in [-0.39, 0.29) is 0 Å². The SMILES string of the molecule is CC(C)NCc1cccc(Br)c1OCCN1CCOCC1. The molecule has 118 valence electrons. The molecule has 0 unspecified atom stereocenters. The number of nitrogens with zero attached hydrogens (tertiary/aromatic N) is 1. The van der Waals surface area contributed by atoms with E-state index in [4.69, 9.17) is 9.47 Å². The van der Waals surface area contributed by atoms with Gasteiger partial charge in [0.05, 0.1) is 17.7 Å². The molecule has 21 heavy (non-hydrogen) atoms. The fourth-order valence-corrected chi connectivity index (χ4v) is 2.79. The standard InChI is InChI=1S/C16H25BrN2O2/c1-13(2)18-12-14-4-3-5-15(17)16(14)21-11-8-19-6-9-20-10-7-19/h3-5,13,18H,6-12H2,1-2H3. The van der Waals surface area contributed by atoms with Crippen LogP contribution in [0.2, 0.25) is 0 Å². The third-order valence-electron chi connectivity index (χ3n) is 3.51. The van der Waals surface area contributed by atoms with E-state index in [9.17, 15) is 0 Å². The van der Waals surface area contributed by atoms with Crippen molar-refractivity contribution >= 4 is 15.9 Å². The molecule has 1 saturated heterocycles. The average Bonchev–Trinajstić information content (AvgIpc) is 2.48. The molecule has 1 aliphatic rings. The van der Waals surface area contributed by atoms with Gasteiger partial charge in [0.2, 0.25) is 0 Å². The van der Waals surface area contributed by atoms with Crippen molar-refractivity contribution in [1.29, 1.82) is 0 Å². The number of halogens is 1. The van der Waals surface area contributed by atoms with Crippen molar-refractivity contribution in [2.24, 2.45) is 0 Å². The van der Waals surface area contributed by atoms with Crippen molar-refractivity contribution in [3.8, 4) is 5.75 Å². The first-order valence-electron chi connectivity index (χ1n) is 7.60. The first-order valence-corrected chi connectivity index (χ1v) is 8.40. The van der Waals surface area contributed by atoms with Gasteiger partial charge in [-0.1, -0.05) is 26.0 Å². The summed E-state index contributed by atoms with van der Waals surface area (Å²) in [7, 11) is 0. The summed E-state index contributed by atoms with van der Waals surface area (Å²) in [6.45, 7) is 10.4. The Hall–Kier alpha value is -0.620. The van der Waals surface area contributed by atoms with Gasteiger partial charge in [0.1, 0.15) is 12.4 Å². The molecular weight excluding hydrogens is 332 g/mol. The number of ether oxygens (including phenoxy) is 2. The van der Waals surface area contributed by atoms with Gasteiger partial charge in [0, 0.05) is 37.8 Å². The molecule has 0 aliphatic carbocycles. The molecule has 1 N–H and O–H groups in total. The Labute approximate surface area is 135 Å². The zero-order valence-electron chi connectivity index (χ0n) is 12.9. The highest BCUT2D eigenvalue weighted by Gasteiger charge is 2.12. The monoisotopic (exact) mass is 356 g/mol. The molecule has 0 bridgehead atoms. The molecule has 0 spiro atoms. The first-order chi connectivity index (χ1) is 10.2. The zero-order valence-corrected chi connectivity index (χ0v) is 14.5. The van der Waals surface area contributed by atoms with E-state index in [0.717, 1.165) is 49.6 Å². The third kappa shape index (κ3) is 5.58. The van der Waals surface area contributed by atoms with Crippen LogP contribution in [0.15, 0.2) is 22.7 Å². The van der Waals surface area contributed by atoms with Crippen LogP contribution in [0.3, 0.4) is 0 Å². The lowest BCUT2D eigenvalue weighted by atomic mass is 10.2. The predicted molar refractivity (Wildman–Crippen MR) is 88.9 cm³/mol. The van der Waals surface area contributed by atoms with E-state index >= 15 is 0 Å². The zero-order chi connectivity index (χ0) is 15.1. The number of para-hydroxylation sites is 1. The van der Waals surface area contributed by atoms with Gasteiger partial charge < -0.3 is 14.8 Å². The maximum absolute atomic E-state index is 6.03. The second kappa shape index (κ2) is 8.73. The molecule has 0 amide bonds. The van der Waals surface area contributed by atoms with Crippen molar-refractivity contribution in [3.63, 3.8) is 0 Å². The third-order valence-corrected chi connectivity index (χ3v) is 4.13. The highest BCUT2D eigenvalue weighted by atomic mass is 79.9. The quantitative estimate of drug-likeness (QED) is 0.814. The van der Waals surface area contributed by atoms with Crippen LogP contribution >= 0.6 is 15.9 Å². The van der Waals surface area contributed by atoms with Crippen molar-refractivity contribution in [2.45, 2.75) is 26.4 Å². The lowest BCUT2D eigenvalue weighted by Gasteiger charge is -2.26. The summed E-state index contributed by atoms with van der Waals surface area (Å²) in [5.74, 6) is 0.957. The van der Waals surface area contributed by atoms with Gasteiger partial charge in [-0.2, -0.15) is 0 Å². The summed E-state index contributed by atoms with van der Waals surface area (Å²) in [5, 5.41) is 3.44. The maximum Gasteiger partial charge on any atom is 0.138 e. The summed E-state index contributed by atoms with van der Waals surface area (Å²) in [5.41, 5.74) is 1.19. The van der Waals surface area contributed by atoms with Crippen molar-refractivity contribution < 1.29 is 9.47 Å². The van der Waals surface area contributed by atoms with E-state index in [0.29, 0.717) is 12.6 Å². The smallest absolute Gasteiger partial charge is 0.138 e. The molecule has 0 atom stereocenters. The number of morpholine rings is 1. The van der Waals surface area contributed by atoms with Crippen LogP contribution < -0.4 is 10.1 Å². The van der Waals surface area contributed by atoms with Gasteiger partial charge in [-0.15, -0.1) is 0 Å². The average molecular weight is 357 g/mol. The van der Waals surface area contributed by atoms with Crippen molar-refractivity contribution in [2.75, 3.05) is 39.5 Å². The van der Waals surface area contributed by atoms with Crippen molar-refractivity contribution in [1.82, 2.24) is 10.2 Å². The number of rotatable bonds is 7. The lowest BCUT2D eigenvalue weighted by Crippen LogP contribution is -2.38. The largest absolute Gasteiger partial charge is 0.491 e. The summed E-state index contributed by atoms with van der Waals surface area (Å²) in [6, 6.07) is 6.66. The van der Waals surface area contributed by atoms with Gasteiger partial charge in [0.15, 0.2) is 0 Å². The van der Waals surface area contributed by atoms with Crippen LogP contribution in [0.4, 0.5) is 0 Å². The molecule has 1 fully saturated rings. The van der Waals surface area contributed by atoms with Gasteiger partial charge in [-0.3, -0.25) is 4.90 Å². The minimum Gasteiger partial charge on any atom is -0.491 e. The lowest BCUT2D eigenvalue weighted by molar-refractivity contribution is 0.0321. The molecular formula is C16H25BrN2O2. The Bertz CT molecular complexity index is 434. The second-order valence-corrected chi connectivity index (χ2v) is 6.42. The molecule has 2 rings (SSSR count). The van der Waals surface area contributed by atoms with Crippen LogP contribution in [0.5, 0.6) is 5.75 Å². The Morgan fingerprint density at radius 2 is 2.10 bits per heavy atom. The molecule has 0 saturated carbocycles. The van der Waals surface area contributed by atoms with E-state index in [1.54, 1.807) is 0 Å². The first kappa shape index (κ1) is 16.7. The van der Waals surface area contributed by atoms with Gasteiger partial charge >= 0.3 is 0 Å².